The third-order valence-electron chi connectivity index (χ3n) is 4.06. The zero-order valence-electron chi connectivity index (χ0n) is 15.2. The minimum atomic E-state index is -3.96. The molecular weight excluding hydrogens is 396 g/mol. The van der Waals surface area contributed by atoms with Crippen LogP contribution in [0.1, 0.15) is 11.1 Å². The lowest BCUT2D eigenvalue weighted by Gasteiger charge is -2.20. The number of benzene rings is 2. The summed E-state index contributed by atoms with van der Waals surface area (Å²) in [6, 6.07) is 6.84. The van der Waals surface area contributed by atoms with Crippen molar-refractivity contribution >= 4 is 27.3 Å². The van der Waals surface area contributed by atoms with Gasteiger partial charge in [-0.05, 0) is 42.3 Å². The van der Waals surface area contributed by atoms with Crippen LogP contribution in [0.15, 0.2) is 35.2 Å². The summed E-state index contributed by atoms with van der Waals surface area (Å²) < 4.78 is 37.2. The van der Waals surface area contributed by atoms with Gasteiger partial charge < -0.3 is 9.47 Å². The minimum absolute atomic E-state index is 0.0466. The highest BCUT2D eigenvalue weighted by atomic mass is 35.5. The predicted octanol–water partition coefficient (Wildman–Crippen LogP) is 3.39. The Labute approximate surface area is 162 Å². The molecule has 0 aliphatic carbocycles. The number of aryl methyl sites for hydroxylation is 1. The van der Waals surface area contributed by atoms with Gasteiger partial charge in [0.05, 0.1) is 24.0 Å². The lowest BCUT2D eigenvalue weighted by Crippen LogP contribution is -2.27. The van der Waals surface area contributed by atoms with E-state index in [-0.39, 0.29) is 16.5 Å². The Hall–Kier alpha value is -2.36. The van der Waals surface area contributed by atoms with Crippen molar-refractivity contribution in [3.05, 3.63) is 56.6 Å². The van der Waals surface area contributed by atoms with E-state index in [0.717, 1.165) is 15.9 Å². The van der Waals surface area contributed by atoms with Crippen LogP contribution in [0.2, 0.25) is 5.02 Å². The topological polar surface area (TPSA) is 99.0 Å². The van der Waals surface area contributed by atoms with E-state index in [1.54, 1.807) is 12.1 Å². The molecule has 0 bridgehead atoms. The number of sulfonamides is 1. The fourth-order valence-corrected chi connectivity index (χ4v) is 3.85. The van der Waals surface area contributed by atoms with Gasteiger partial charge in [-0.1, -0.05) is 11.6 Å². The Balaban J connectivity index is 2.39. The smallest absolute Gasteiger partial charge is 0.289 e. The molecule has 146 valence electrons. The van der Waals surface area contributed by atoms with Gasteiger partial charge in [0.25, 0.3) is 5.69 Å². The quantitative estimate of drug-likeness (QED) is 0.508. The lowest BCUT2D eigenvalue weighted by atomic mass is 10.1. The van der Waals surface area contributed by atoms with Crippen molar-refractivity contribution in [3.63, 3.8) is 0 Å². The number of nitrogens with zero attached hydrogens (tertiary/aromatic N) is 2. The summed E-state index contributed by atoms with van der Waals surface area (Å²) in [5.41, 5.74) is 1.06. The summed E-state index contributed by atoms with van der Waals surface area (Å²) in [4.78, 5) is 10.1. The standard InChI is InChI=1S/C17H19ClN2O6S/c1-11-7-16(25-3)17(26-4)8-12(11)10-19(2)27(23,24)13-5-6-14(18)15(9-13)20(21)22/h5-9H,10H2,1-4H3. The summed E-state index contributed by atoms with van der Waals surface area (Å²) in [6.07, 6.45) is 0. The summed E-state index contributed by atoms with van der Waals surface area (Å²) in [5, 5.41) is 10.9. The maximum atomic E-state index is 12.8. The number of methoxy groups -OCH3 is 2. The van der Waals surface area contributed by atoms with Crippen molar-refractivity contribution in [3.8, 4) is 11.5 Å². The molecule has 0 atom stereocenters. The zero-order chi connectivity index (χ0) is 20.4. The fraction of sp³-hybridized carbons (Fsp3) is 0.294. The van der Waals surface area contributed by atoms with Gasteiger partial charge in [0.1, 0.15) is 5.02 Å². The van der Waals surface area contributed by atoms with E-state index in [2.05, 4.69) is 0 Å². The van der Waals surface area contributed by atoms with Crippen molar-refractivity contribution in [2.45, 2.75) is 18.4 Å². The van der Waals surface area contributed by atoms with E-state index >= 15 is 0 Å². The van der Waals surface area contributed by atoms with Gasteiger partial charge in [-0.2, -0.15) is 4.31 Å². The van der Waals surface area contributed by atoms with Crippen LogP contribution in [0.25, 0.3) is 0 Å². The van der Waals surface area contributed by atoms with Crippen LogP contribution in [0.5, 0.6) is 11.5 Å². The van der Waals surface area contributed by atoms with Gasteiger partial charge in [-0.25, -0.2) is 8.42 Å². The summed E-state index contributed by atoms with van der Waals surface area (Å²) in [7, 11) is 0.436. The largest absolute Gasteiger partial charge is 0.493 e. The molecule has 10 heteroatoms. The summed E-state index contributed by atoms with van der Waals surface area (Å²) in [5.74, 6) is 1.02. The molecule has 0 fully saturated rings. The van der Waals surface area contributed by atoms with Gasteiger partial charge in [0, 0.05) is 19.7 Å². The van der Waals surface area contributed by atoms with Crippen LogP contribution >= 0.6 is 11.6 Å². The second-order valence-corrected chi connectivity index (χ2v) is 8.22. The third kappa shape index (κ3) is 4.32. The molecule has 0 heterocycles. The second kappa shape index (κ2) is 8.12. The highest BCUT2D eigenvalue weighted by molar-refractivity contribution is 7.89. The molecule has 0 radical (unpaired) electrons. The van der Waals surface area contributed by atoms with Crippen molar-refractivity contribution in [2.75, 3.05) is 21.3 Å². The highest BCUT2D eigenvalue weighted by Gasteiger charge is 2.25. The molecule has 0 aliphatic heterocycles. The van der Waals surface area contributed by atoms with Gasteiger partial charge in [0.15, 0.2) is 11.5 Å². The molecule has 2 aromatic carbocycles. The summed E-state index contributed by atoms with van der Waals surface area (Å²) >= 11 is 5.76. The number of nitro benzene ring substituents is 1. The molecule has 27 heavy (non-hydrogen) atoms. The average molecular weight is 415 g/mol. The average Bonchev–Trinajstić information content (AvgIpc) is 2.62. The number of rotatable bonds is 7. The van der Waals surface area contributed by atoms with Crippen LogP contribution in [-0.2, 0) is 16.6 Å². The van der Waals surface area contributed by atoms with Crippen LogP contribution in [0, 0.1) is 17.0 Å². The Kier molecular flexibility index (Phi) is 6.30. The molecule has 0 amide bonds. The number of halogens is 1. The van der Waals surface area contributed by atoms with E-state index in [0.29, 0.717) is 17.1 Å². The third-order valence-corrected chi connectivity index (χ3v) is 6.18. The van der Waals surface area contributed by atoms with Crippen LogP contribution in [0.3, 0.4) is 0 Å². The van der Waals surface area contributed by atoms with Crippen molar-refractivity contribution in [2.24, 2.45) is 0 Å². The first-order valence-electron chi connectivity index (χ1n) is 7.73. The molecule has 0 saturated heterocycles. The number of ether oxygens (including phenoxy) is 2. The fourth-order valence-electron chi connectivity index (χ4n) is 2.49. The Bertz CT molecular complexity index is 978. The molecule has 0 spiro atoms. The minimum Gasteiger partial charge on any atom is -0.493 e. The van der Waals surface area contributed by atoms with Crippen molar-refractivity contribution in [1.82, 2.24) is 4.31 Å². The van der Waals surface area contributed by atoms with Gasteiger partial charge >= 0.3 is 0 Å². The highest BCUT2D eigenvalue weighted by Crippen LogP contribution is 2.32. The van der Waals surface area contributed by atoms with Crippen molar-refractivity contribution < 1.29 is 22.8 Å². The molecular formula is C17H19ClN2O6S. The maximum absolute atomic E-state index is 12.8. The van der Waals surface area contributed by atoms with Gasteiger partial charge in [-0.3, -0.25) is 10.1 Å². The molecule has 0 aromatic heterocycles. The molecule has 8 nitrogen and oxygen atoms in total. The SMILES string of the molecule is COc1cc(C)c(CN(C)S(=O)(=O)c2ccc(Cl)c([N+](=O)[O-])c2)cc1OC. The molecule has 0 saturated carbocycles. The van der Waals surface area contributed by atoms with Crippen LogP contribution < -0.4 is 9.47 Å². The molecule has 2 rings (SSSR count). The normalized spacial score (nSPS) is 11.5. The molecule has 0 N–H and O–H groups in total. The van der Waals surface area contributed by atoms with E-state index < -0.39 is 20.6 Å². The Morgan fingerprint density at radius 3 is 2.30 bits per heavy atom. The number of hydrogen-bond acceptors (Lipinski definition) is 6. The zero-order valence-corrected chi connectivity index (χ0v) is 16.8. The number of hydrogen-bond donors (Lipinski definition) is 0. The predicted molar refractivity (Wildman–Crippen MR) is 101 cm³/mol. The molecule has 2 aromatic rings. The van der Waals surface area contributed by atoms with Crippen LogP contribution in [-0.4, -0.2) is 38.9 Å². The molecule has 0 unspecified atom stereocenters. The van der Waals surface area contributed by atoms with Crippen LogP contribution in [0.4, 0.5) is 5.69 Å². The van der Waals surface area contributed by atoms with E-state index in [4.69, 9.17) is 21.1 Å². The van der Waals surface area contributed by atoms with E-state index in [9.17, 15) is 18.5 Å². The first-order valence-corrected chi connectivity index (χ1v) is 9.55. The van der Waals surface area contributed by atoms with E-state index in [1.165, 1.54) is 33.4 Å². The van der Waals surface area contributed by atoms with Gasteiger partial charge in [0.2, 0.25) is 10.0 Å². The second-order valence-electron chi connectivity index (χ2n) is 5.77. The number of nitro groups is 1. The van der Waals surface area contributed by atoms with Crippen molar-refractivity contribution in [1.29, 1.82) is 0 Å². The molecule has 0 aliphatic rings. The monoisotopic (exact) mass is 414 g/mol. The Morgan fingerprint density at radius 2 is 1.74 bits per heavy atom. The lowest BCUT2D eigenvalue weighted by molar-refractivity contribution is -0.384. The maximum Gasteiger partial charge on any atom is 0.289 e. The van der Waals surface area contributed by atoms with Gasteiger partial charge in [-0.15, -0.1) is 0 Å². The summed E-state index contributed by atoms with van der Waals surface area (Å²) in [6.45, 7) is 1.87. The first-order chi connectivity index (χ1) is 12.6. The van der Waals surface area contributed by atoms with E-state index in [1.807, 2.05) is 6.92 Å². The first kappa shape index (κ1) is 20.9. The Morgan fingerprint density at radius 1 is 1.15 bits per heavy atom.